The standard InChI is InChI=1S/C20H31N3O2.ClH/c1-13(2)22-20(25)18-11-17(8-7-14(18)3)23-19(24)10-15(4)16-6-5-9-21-12-16;/h7-8,11,13,15-16,21H,5-6,9-10,12H2,1-4H3,(H,22,25)(H,23,24);1H. The van der Waals surface area contributed by atoms with Crippen molar-refractivity contribution >= 4 is 29.9 Å². The van der Waals surface area contributed by atoms with Gasteiger partial charge in [-0.3, -0.25) is 9.59 Å². The number of rotatable bonds is 6. The molecule has 1 saturated heterocycles. The van der Waals surface area contributed by atoms with Crippen LogP contribution in [0.3, 0.4) is 0 Å². The maximum absolute atomic E-state index is 12.4. The summed E-state index contributed by atoms with van der Waals surface area (Å²) in [6, 6.07) is 5.57. The van der Waals surface area contributed by atoms with Crippen molar-refractivity contribution < 1.29 is 9.59 Å². The van der Waals surface area contributed by atoms with Crippen LogP contribution in [0.5, 0.6) is 0 Å². The van der Waals surface area contributed by atoms with Crippen LogP contribution >= 0.6 is 12.4 Å². The second-order valence-corrected chi connectivity index (χ2v) is 7.49. The van der Waals surface area contributed by atoms with Crippen LogP contribution in [0.25, 0.3) is 0 Å². The first-order chi connectivity index (χ1) is 11.9. The van der Waals surface area contributed by atoms with Gasteiger partial charge in [0.25, 0.3) is 5.91 Å². The number of anilines is 1. The third kappa shape index (κ3) is 6.61. The predicted molar refractivity (Wildman–Crippen MR) is 109 cm³/mol. The Morgan fingerprint density at radius 1 is 1.27 bits per heavy atom. The third-order valence-corrected chi connectivity index (χ3v) is 4.83. The predicted octanol–water partition coefficient (Wildman–Crippen LogP) is 3.52. The Kier molecular flexibility index (Phi) is 9.09. The molecule has 1 aromatic rings. The zero-order valence-corrected chi connectivity index (χ0v) is 17.0. The number of hydrogen-bond acceptors (Lipinski definition) is 3. The average molecular weight is 382 g/mol. The largest absolute Gasteiger partial charge is 0.350 e. The highest BCUT2D eigenvalue weighted by Crippen LogP contribution is 2.23. The molecule has 5 nitrogen and oxygen atoms in total. The molecule has 0 radical (unpaired) electrons. The van der Waals surface area contributed by atoms with E-state index < -0.39 is 0 Å². The maximum Gasteiger partial charge on any atom is 0.251 e. The molecule has 146 valence electrons. The molecule has 3 N–H and O–H groups in total. The molecule has 6 heteroatoms. The quantitative estimate of drug-likeness (QED) is 0.706. The van der Waals surface area contributed by atoms with Gasteiger partial charge in [-0.15, -0.1) is 12.4 Å². The number of amides is 2. The fourth-order valence-electron chi connectivity index (χ4n) is 3.32. The highest BCUT2D eigenvalue weighted by Gasteiger charge is 2.22. The highest BCUT2D eigenvalue weighted by molar-refractivity contribution is 5.98. The van der Waals surface area contributed by atoms with Crippen LogP contribution in [-0.2, 0) is 4.79 Å². The summed E-state index contributed by atoms with van der Waals surface area (Å²) in [5.41, 5.74) is 2.19. The van der Waals surface area contributed by atoms with Crippen molar-refractivity contribution in [3.8, 4) is 0 Å². The van der Waals surface area contributed by atoms with Gasteiger partial charge in [0.2, 0.25) is 5.91 Å². The SMILES string of the molecule is Cc1ccc(NC(=O)CC(C)C2CCCNC2)cc1C(=O)NC(C)C.Cl. The van der Waals surface area contributed by atoms with Gasteiger partial charge in [-0.05, 0) is 76.2 Å². The van der Waals surface area contributed by atoms with Crippen LogP contribution in [0.2, 0.25) is 0 Å². The van der Waals surface area contributed by atoms with Gasteiger partial charge in [0, 0.05) is 23.7 Å². The van der Waals surface area contributed by atoms with E-state index in [9.17, 15) is 9.59 Å². The van der Waals surface area contributed by atoms with Crippen molar-refractivity contribution in [2.45, 2.75) is 53.0 Å². The van der Waals surface area contributed by atoms with Crippen LogP contribution in [0, 0.1) is 18.8 Å². The number of halogens is 1. The van der Waals surface area contributed by atoms with Crippen LogP contribution in [0.4, 0.5) is 5.69 Å². The molecule has 2 amide bonds. The average Bonchev–Trinajstić information content (AvgIpc) is 2.56. The Morgan fingerprint density at radius 3 is 2.62 bits per heavy atom. The van der Waals surface area contributed by atoms with E-state index in [0.717, 1.165) is 18.7 Å². The second kappa shape index (κ2) is 10.5. The Morgan fingerprint density at radius 2 is 2.00 bits per heavy atom. The molecule has 0 saturated carbocycles. The lowest BCUT2D eigenvalue weighted by Gasteiger charge is -2.28. The molecule has 1 aliphatic heterocycles. The molecular weight excluding hydrogens is 350 g/mol. The fraction of sp³-hybridized carbons (Fsp3) is 0.600. The first kappa shape index (κ1) is 22.5. The lowest BCUT2D eigenvalue weighted by atomic mass is 9.85. The molecule has 0 spiro atoms. The second-order valence-electron chi connectivity index (χ2n) is 7.49. The maximum atomic E-state index is 12.4. The number of hydrogen-bond donors (Lipinski definition) is 3. The molecule has 0 aromatic heterocycles. The van der Waals surface area contributed by atoms with Crippen LogP contribution in [-0.4, -0.2) is 30.9 Å². The van der Waals surface area contributed by atoms with E-state index in [1.54, 1.807) is 6.07 Å². The van der Waals surface area contributed by atoms with Gasteiger partial charge in [0.15, 0.2) is 0 Å². The van der Waals surface area contributed by atoms with Crippen molar-refractivity contribution in [2.24, 2.45) is 11.8 Å². The van der Waals surface area contributed by atoms with Gasteiger partial charge in [0.1, 0.15) is 0 Å². The summed E-state index contributed by atoms with van der Waals surface area (Å²) in [5, 5.41) is 9.25. The number of carbonyl (C=O) groups is 2. The molecule has 2 rings (SSSR count). The summed E-state index contributed by atoms with van der Waals surface area (Å²) in [6.45, 7) is 9.99. The zero-order chi connectivity index (χ0) is 18.4. The number of piperidine rings is 1. The number of carbonyl (C=O) groups excluding carboxylic acids is 2. The van der Waals surface area contributed by atoms with Crippen molar-refractivity contribution in [3.63, 3.8) is 0 Å². The molecule has 2 unspecified atom stereocenters. The number of benzene rings is 1. The molecule has 1 fully saturated rings. The Balaban J connectivity index is 0.00000338. The van der Waals surface area contributed by atoms with Crippen molar-refractivity contribution in [1.82, 2.24) is 10.6 Å². The summed E-state index contributed by atoms with van der Waals surface area (Å²) in [5.74, 6) is 0.814. The first-order valence-corrected chi connectivity index (χ1v) is 9.29. The van der Waals surface area contributed by atoms with E-state index in [-0.39, 0.29) is 30.3 Å². The lowest BCUT2D eigenvalue weighted by molar-refractivity contribution is -0.117. The van der Waals surface area contributed by atoms with Crippen LogP contribution in [0.15, 0.2) is 18.2 Å². The normalized spacial score (nSPS) is 18.0. The molecular formula is C20H32ClN3O2. The van der Waals surface area contributed by atoms with Gasteiger partial charge >= 0.3 is 0 Å². The smallest absolute Gasteiger partial charge is 0.251 e. The molecule has 26 heavy (non-hydrogen) atoms. The minimum atomic E-state index is -0.106. The molecule has 2 atom stereocenters. The van der Waals surface area contributed by atoms with E-state index in [0.29, 0.717) is 29.5 Å². The Bertz CT molecular complexity index is 613. The van der Waals surface area contributed by atoms with E-state index in [2.05, 4.69) is 22.9 Å². The number of nitrogens with one attached hydrogen (secondary N) is 3. The molecule has 0 bridgehead atoms. The van der Waals surface area contributed by atoms with Crippen LogP contribution in [0.1, 0.15) is 56.0 Å². The van der Waals surface area contributed by atoms with E-state index in [4.69, 9.17) is 0 Å². The molecule has 1 aliphatic rings. The molecule has 1 heterocycles. The molecule has 1 aromatic carbocycles. The summed E-state index contributed by atoms with van der Waals surface area (Å²) < 4.78 is 0. The minimum Gasteiger partial charge on any atom is -0.350 e. The fourth-order valence-corrected chi connectivity index (χ4v) is 3.32. The highest BCUT2D eigenvalue weighted by atomic mass is 35.5. The van der Waals surface area contributed by atoms with Crippen molar-refractivity contribution in [2.75, 3.05) is 18.4 Å². The van der Waals surface area contributed by atoms with Crippen molar-refractivity contribution in [1.29, 1.82) is 0 Å². The van der Waals surface area contributed by atoms with Gasteiger partial charge in [-0.1, -0.05) is 13.0 Å². The van der Waals surface area contributed by atoms with E-state index in [1.165, 1.54) is 12.8 Å². The Labute approximate surface area is 163 Å². The van der Waals surface area contributed by atoms with E-state index in [1.807, 2.05) is 32.9 Å². The van der Waals surface area contributed by atoms with Crippen LogP contribution < -0.4 is 16.0 Å². The first-order valence-electron chi connectivity index (χ1n) is 9.29. The molecule has 0 aliphatic carbocycles. The summed E-state index contributed by atoms with van der Waals surface area (Å²) >= 11 is 0. The van der Waals surface area contributed by atoms with Gasteiger partial charge in [0.05, 0.1) is 0 Å². The summed E-state index contributed by atoms with van der Waals surface area (Å²) in [6.07, 6.45) is 2.88. The zero-order valence-electron chi connectivity index (χ0n) is 16.2. The summed E-state index contributed by atoms with van der Waals surface area (Å²) in [4.78, 5) is 24.6. The topological polar surface area (TPSA) is 70.2 Å². The third-order valence-electron chi connectivity index (χ3n) is 4.83. The van der Waals surface area contributed by atoms with Gasteiger partial charge in [-0.25, -0.2) is 0 Å². The summed E-state index contributed by atoms with van der Waals surface area (Å²) in [7, 11) is 0. The Hall–Kier alpha value is -1.59. The monoisotopic (exact) mass is 381 g/mol. The van der Waals surface area contributed by atoms with Gasteiger partial charge < -0.3 is 16.0 Å². The number of aryl methyl sites for hydroxylation is 1. The minimum absolute atomic E-state index is 0. The lowest BCUT2D eigenvalue weighted by Crippen LogP contribution is -2.34. The van der Waals surface area contributed by atoms with Crippen molar-refractivity contribution in [3.05, 3.63) is 29.3 Å². The van der Waals surface area contributed by atoms with Gasteiger partial charge in [-0.2, -0.15) is 0 Å². The van der Waals surface area contributed by atoms with E-state index >= 15 is 0 Å².